The van der Waals surface area contributed by atoms with Gasteiger partial charge in [-0.3, -0.25) is 4.79 Å². The molecule has 26 heavy (non-hydrogen) atoms. The van der Waals surface area contributed by atoms with E-state index in [0.717, 1.165) is 34.7 Å². The highest BCUT2D eigenvalue weighted by atomic mass is 32.1. The van der Waals surface area contributed by atoms with Crippen LogP contribution in [0.3, 0.4) is 0 Å². The highest BCUT2D eigenvalue weighted by molar-refractivity contribution is 7.22. The predicted octanol–water partition coefficient (Wildman–Crippen LogP) is 3.97. The second kappa shape index (κ2) is 7.41. The van der Waals surface area contributed by atoms with Crippen LogP contribution in [0.2, 0.25) is 0 Å². The summed E-state index contributed by atoms with van der Waals surface area (Å²) in [7, 11) is 0. The first-order valence-corrected chi connectivity index (χ1v) is 9.64. The molecule has 4 rings (SSSR count). The molecule has 1 amide bonds. The van der Waals surface area contributed by atoms with Gasteiger partial charge in [0.15, 0.2) is 5.13 Å². The summed E-state index contributed by atoms with van der Waals surface area (Å²) in [4.78, 5) is 19.4. The van der Waals surface area contributed by atoms with Crippen LogP contribution in [-0.2, 0) is 11.3 Å². The number of fused-ring (bicyclic) bond motifs is 1. The van der Waals surface area contributed by atoms with Gasteiger partial charge >= 0.3 is 0 Å². The first-order chi connectivity index (χ1) is 12.7. The summed E-state index contributed by atoms with van der Waals surface area (Å²) in [6, 6.07) is 14.6. The first kappa shape index (κ1) is 17.0. The van der Waals surface area contributed by atoms with E-state index in [-0.39, 0.29) is 24.2 Å². The van der Waals surface area contributed by atoms with Gasteiger partial charge in [0.25, 0.3) is 0 Å². The molecule has 1 aliphatic heterocycles. The Labute approximate surface area is 155 Å². The molecule has 0 bridgehead atoms. The second-order valence-corrected chi connectivity index (χ2v) is 7.57. The van der Waals surface area contributed by atoms with E-state index in [4.69, 9.17) is 4.98 Å². The molecule has 6 heteroatoms. The molecule has 4 nitrogen and oxygen atoms in total. The fraction of sp³-hybridized carbons (Fsp3) is 0.300. The number of nitrogens with zero attached hydrogens (tertiary/aromatic N) is 2. The van der Waals surface area contributed by atoms with Crippen LogP contribution < -0.4 is 10.2 Å². The van der Waals surface area contributed by atoms with Gasteiger partial charge in [-0.2, -0.15) is 0 Å². The molecule has 3 aromatic rings. The van der Waals surface area contributed by atoms with Crippen molar-refractivity contribution in [2.75, 3.05) is 18.0 Å². The predicted molar refractivity (Wildman–Crippen MR) is 103 cm³/mol. The van der Waals surface area contributed by atoms with Crippen molar-refractivity contribution in [3.8, 4) is 0 Å². The van der Waals surface area contributed by atoms with Crippen molar-refractivity contribution in [1.29, 1.82) is 0 Å². The number of hydrogen-bond acceptors (Lipinski definition) is 4. The van der Waals surface area contributed by atoms with Crippen LogP contribution >= 0.6 is 11.3 Å². The van der Waals surface area contributed by atoms with E-state index in [1.54, 1.807) is 29.5 Å². The number of amides is 1. The zero-order valence-electron chi connectivity index (χ0n) is 14.3. The van der Waals surface area contributed by atoms with E-state index in [0.29, 0.717) is 12.1 Å². The van der Waals surface area contributed by atoms with Crippen LogP contribution in [0.15, 0.2) is 48.5 Å². The van der Waals surface area contributed by atoms with Gasteiger partial charge in [-0.1, -0.05) is 41.7 Å². The van der Waals surface area contributed by atoms with E-state index in [2.05, 4.69) is 16.3 Å². The van der Waals surface area contributed by atoms with Gasteiger partial charge in [-0.05, 0) is 31.0 Å². The minimum absolute atomic E-state index is 0.0148. The minimum Gasteiger partial charge on any atom is -0.352 e. The monoisotopic (exact) mass is 369 g/mol. The number of para-hydroxylation sites is 1. The van der Waals surface area contributed by atoms with Crippen molar-refractivity contribution < 1.29 is 9.18 Å². The SMILES string of the molecule is O=C(NCc1ccccc1F)C1CCCN(c2nc3ccccc3s2)C1. The van der Waals surface area contributed by atoms with Crippen LogP contribution in [0.25, 0.3) is 10.2 Å². The van der Waals surface area contributed by atoms with Gasteiger partial charge in [0.05, 0.1) is 16.1 Å². The Bertz CT molecular complexity index is 893. The lowest BCUT2D eigenvalue weighted by Crippen LogP contribution is -2.43. The molecule has 2 heterocycles. The number of aromatic nitrogens is 1. The lowest BCUT2D eigenvalue weighted by molar-refractivity contribution is -0.125. The van der Waals surface area contributed by atoms with E-state index in [9.17, 15) is 9.18 Å². The standard InChI is InChI=1S/C20H20FN3OS/c21-16-8-2-1-6-14(16)12-22-19(25)15-7-5-11-24(13-15)20-23-17-9-3-4-10-18(17)26-20/h1-4,6,8-10,15H,5,7,11-13H2,(H,22,25). The number of thiazole rings is 1. The third-order valence-electron chi connectivity index (χ3n) is 4.76. The summed E-state index contributed by atoms with van der Waals surface area (Å²) in [5.74, 6) is -0.394. The van der Waals surface area contributed by atoms with E-state index >= 15 is 0 Å². The summed E-state index contributed by atoms with van der Waals surface area (Å²) in [5, 5.41) is 3.86. The van der Waals surface area contributed by atoms with Gasteiger partial charge < -0.3 is 10.2 Å². The highest BCUT2D eigenvalue weighted by Crippen LogP contribution is 2.31. The third kappa shape index (κ3) is 3.55. The number of carbonyl (C=O) groups excluding carboxylic acids is 1. The molecule has 0 radical (unpaired) electrons. The van der Waals surface area contributed by atoms with Crippen molar-refractivity contribution in [2.45, 2.75) is 19.4 Å². The third-order valence-corrected chi connectivity index (χ3v) is 5.85. The molecule has 1 fully saturated rings. The number of anilines is 1. The number of hydrogen-bond donors (Lipinski definition) is 1. The Morgan fingerprint density at radius 2 is 2.04 bits per heavy atom. The Balaban J connectivity index is 1.41. The van der Waals surface area contributed by atoms with Crippen LogP contribution in [0, 0.1) is 11.7 Å². The fourth-order valence-electron chi connectivity index (χ4n) is 3.33. The maximum absolute atomic E-state index is 13.7. The summed E-state index contributed by atoms with van der Waals surface area (Å²) >= 11 is 1.66. The Hall–Kier alpha value is -2.47. The molecule has 1 aromatic heterocycles. The quantitative estimate of drug-likeness (QED) is 0.757. The zero-order chi connectivity index (χ0) is 17.9. The Kier molecular flexibility index (Phi) is 4.84. The summed E-state index contributed by atoms with van der Waals surface area (Å²) < 4.78 is 14.9. The summed E-state index contributed by atoms with van der Waals surface area (Å²) in [6.07, 6.45) is 1.80. The number of nitrogens with one attached hydrogen (secondary N) is 1. The van der Waals surface area contributed by atoms with Crippen LogP contribution in [0.5, 0.6) is 0 Å². The number of carbonyl (C=O) groups is 1. The first-order valence-electron chi connectivity index (χ1n) is 8.82. The van der Waals surface area contributed by atoms with Gasteiger partial charge in [0.2, 0.25) is 5.91 Å². The van der Waals surface area contributed by atoms with Crippen LogP contribution in [0.4, 0.5) is 9.52 Å². The number of piperidine rings is 1. The smallest absolute Gasteiger partial charge is 0.225 e. The maximum atomic E-state index is 13.7. The molecule has 134 valence electrons. The fourth-order valence-corrected chi connectivity index (χ4v) is 4.33. The minimum atomic E-state index is -0.285. The molecule has 0 aliphatic carbocycles. The van der Waals surface area contributed by atoms with Gasteiger partial charge in [0.1, 0.15) is 5.82 Å². The van der Waals surface area contributed by atoms with E-state index < -0.39 is 0 Å². The molecule has 1 aliphatic rings. The topological polar surface area (TPSA) is 45.2 Å². The van der Waals surface area contributed by atoms with Gasteiger partial charge in [0, 0.05) is 25.2 Å². The number of halogens is 1. The Morgan fingerprint density at radius 1 is 1.23 bits per heavy atom. The molecule has 1 atom stereocenters. The van der Waals surface area contributed by atoms with Crippen molar-refractivity contribution >= 4 is 32.6 Å². The largest absolute Gasteiger partial charge is 0.352 e. The van der Waals surface area contributed by atoms with E-state index in [1.165, 1.54) is 6.07 Å². The lowest BCUT2D eigenvalue weighted by Gasteiger charge is -2.31. The maximum Gasteiger partial charge on any atom is 0.225 e. The van der Waals surface area contributed by atoms with Crippen molar-refractivity contribution in [1.82, 2.24) is 10.3 Å². The summed E-state index contributed by atoms with van der Waals surface area (Å²) in [6.45, 7) is 1.79. The average molecular weight is 369 g/mol. The molecule has 0 spiro atoms. The van der Waals surface area contributed by atoms with Crippen LogP contribution in [0.1, 0.15) is 18.4 Å². The second-order valence-electron chi connectivity index (χ2n) is 6.56. The van der Waals surface area contributed by atoms with Gasteiger partial charge in [-0.15, -0.1) is 0 Å². The molecule has 2 aromatic carbocycles. The summed E-state index contributed by atoms with van der Waals surface area (Å²) in [5.41, 5.74) is 1.51. The van der Waals surface area contributed by atoms with E-state index in [1.807, 2.05) is 18.2 Å². The zero-order valence-corrected chi connectivity index (χ0v) is 15.1. The molecule has 1 saturated heterocycles. The number of rotatable bonds is 4. The molecular formula is C20H20FN3OS. The lowest BCUT2D eigenvalue weighted by atomic mass is 9.97. The molecule has 1 unspecified atom stereocenters. The van der Waals surface area contributed by atoms with Crippen molar-refractivity contribution in [3.63, 3.8) is 0 Å². The Morgan fingerprint density at radius 3 is 2.88 bits per heavy atom. The average Bonchev–Trinajstić information content (AvgIpc) is 3.11. The van der Waals surface area contributed by atoms with Crippen molar-refractivity contribution in [2.24, 2.45) is 5.92 Å². The van der Waals surface area contributed by atoms with Crippen LogP contribution in [-0.4, -0.2) is 24.0 Å². The number of benzene rings is 2. The highest BCUT2D eigenvalue weighted by Gasteiger charge is 2.27. The molecular weight excluding hydrogens is 349 g/mol. The normalized spacial score (nSPS) is 17.4. The molecule has 1 N–H and O–H groups in total. The van der Waals surface area contributed by atoms with Gasteiger partial charge in [-0.25, -0.2) is 9.37 Å². The molecule has 0 saturated carbocycles. The van der Waals surface area contributed by atoms with Crippen molar-refractivity contribution in [3.05, 3.63) is 59.9 Å².